The van der Waals surface area contributed by atoms with Gasteiger partial charge in [0.25, 0.3) is 0 Å². The third-order valence-corrected chi connectivity index (χ3v) is 3.87. The number of nitrogens with one attached hydrogen (secondary N) is 1. The van der Waals surface area contributed by atoms with E-state index >= 15 is 0 Å². The molecule has 88 valence electrons. The summed E-state index contributed by atoms with van der Waals surface area (Å²) in [5, 5.41) is 3.86. The summed E-state index contributed by atoms with van der Waals surface area (Å²) in [7, 11) is 1.99. The van der Waals surface area contributed by atoms with E-state index in [9.17, 15) is 4.39 Å². The van der Waals surface area contributed by atoms with Crippen molar-refractivity contribution < 1.29 is 4.39 Å². The molecule has 1 aliphatic carbocycles. The monoisotopic (exact) mass is 241 g/mol. The maximum atomic E-state index is 13.7. The molecule has 0 unspecified atom stereocenters. The van der Waals surface area contributed by atoms with Gasteiger partial charge in [0.15, 0.2) is 0 Å². The van der Waals surface area contributed by atoms with Crippen molar-refractivity contribution in [1.29, 1.82) is 0 Å². The summed E-state index contributed by atoms with van der Waals surface area (Å²) >= 11 is 6.08. The Morgan fingerprint density at radius 2 is 1.94 bits per heavy atom. The molecule has 1 aromatic rings. The highest BCUT2D eigenvalue weighted by molar-refractivity contribution is 6.31. The maximum absolute atomic E-state index is 13.7. The van der Waals surface area contributed by atoms with Gasteiger partial charge < -0.3 is 5.32 Å². The first kappa shape index (κ1) is 11.9. The molecule has 0 aromatic heterocycles. The van der Waals surface area contributed by atoms with Gasteiger partial charge in [0.2, 0.25) is 0 Å². The smallest absolute Gasteiger partial charge is 0.128 e. The normalized spacial score (nSPS) is 25.7. The van der Waals surface area contributed by atoms with Crippen LogP contribution in [0.5, 0.6) is 0 Å². The molecule has 0 bridgehead atoms. The fraction of sp³-hybridized carbons (Fsp3) is 0.538. The number of rotatable bonds is 2. The van der Waals surface area contributed by atoms with Crippen molar-refractivity contribution in [2.75, 3.05) is 7.05 Å². The molecule has 0 amide bonds. The van der Waals surface area contributed by atoms with Gasteiger partial charge in [0.1, 0.15) is 5.82 Å². The molecule has 16 heavy (non-hydrogen) atoms. The summed E-state index contributed by atoms with van der Waals surface area (Å²) in [6.45, 7) is 0. The zero-order valence-corrected chi connectivity index (χ0v) is 10.2. The van der Waals surface area contributed by atoms with Gasteiger partial charge in [-0.3, -0.25) is 0 Å². The molecule has 1 nitrogen and oxygen atoms in total. The van der Waals surface area contributed by atoms with E-state index in [1.807, 2.05) is 7.05 Å². The molecular weight excluding hydrogens is 225 g/mol. The first-order valence-electron chi connectivity index (χ1n) is 5.83. The number of hydrogen-bond acceptors (Lipinski definition) is 1. The Labute approximate surface area is 101 Å². The van der Waals surface area contributed by atoms with Crippen LogP contribution in [0.3, 0.4) is 0 Å². The van der Waals surface area contributed by atoms with Crippen molar-refractivity contribution in [3.8, 4) is 0 Å². The van der Waals surface area contributed by atoms with E-state index in [2.05, 4.69) is 5.32 Å². The topological polar surface area (TPSA) is 12.0 Å². The van der Waals surface area contributed by atoms with Crippen molar-refractivity contribution in [2.45, 2.75) is 37.6 Å². The van der Waals surface area contributed by atoms with Crippen LogP contribution in [0.25, 0.3) is 0 Å². The predicted octanol–water partition coefficient (Wildman–Crippen LogP) is 3.72. The minimum absolute atomic E-state index is 0.152. The minimum Gasteiger partial charge on any atom is -0.317 e. The molecule has 2 rings (SSSR count). The summed E-state index contributed by atoms with van der Waals surface area (Å²) < 4.78 is 13.7. The molecule has 1 saturated carbocycles. The van der Waals surface area contributed by atoms with E-state index in [0.29, 0.717) is 17.0 Å². The second-order valence-electron chi connectivity index (χ2n) is 4.47. The van der Waals surface area contributed by atoms with Gasteiger partial charge in [0.05, 0.1) is 0 Å². The van der Waals surface area contributed by atoms with Gasteiger partial charge in [-0.15, -0.1) is 0 Å². The molecule has 1 N–H and O–H groups in total. The van der Waals surface area contributed by atoms with Crippen LogP contribution in [-0.2, 0) is 0 Å². The summed E-state index contributed by atoms with van der Waals surface area (Å²) in [6.07, 6.45) is 4.25. The predicted molar refractivity (Wildman–Crippen MR) is 65.5 cm³/mol. The van der Waals surface area contributed by atoms with Gasteiger partial charge in [-0.05, 0) is 50.8 Å². The summed E-state index contributed by atoms with van der Waals surface area (Å²) in [5.41, 5.74) is 0.721. The molecule has 0 aliphatic heterocycles. The van der Waals surface area contributed by atoms with Crippen LogP contribution in [0.1, 0.15) is 37.2 Å². The molecule has 0 radical (unpaired) electrons. The summed E-state index contributed by atoms with van der Waals surface area (Å²) in [6, 6.07) is 5.54. The summed E-state index contributed by atoms with van der Waals surface area (Å²) in [5.74, 6) is 0.138. The summed E-state index contributed by atoms with van der Waals surface area (Å²) in [4.78, 5) is 0. The zero-order chi connectivity index (χ0) is 11.5. The van der Waals surface area contributed by atoms with Gasteiger partial charge in [-0.25, -0.2) is 4.39 Å². The standard InChI is InChI=1S/C13H17ClFN/c1-16-10-7-5-9(6-8-10)13-11(14)3-2-4-12(13)15/h2-4,9-10,16H,5-8H2,1H3. The number of benzene rings is 1. The van der Waals surface area contributed by atoms with Gasteiger partial charge >= 0.3 is 0 Å². The average molecular weight is 242 g/mol. The van der Waals surface area contributed by atoms with Crippen LogP contribution in [0.4, 0.5) is 4.39 Å². The second-order valence-corrected chi connectivity index (χ2v) is 4.88. The van der Waals surface area contributed by atoms with E-state index in [4.69, 9.17) is 11.6 Å². The first-order chi connectivity index (χ1) is 7.72. The van der Waals surface area contributed by atoms with Crippen LogP contribution in [0.15, 0.2) is 18.2 Å². The largest absolute Gasteiger partial charge is 0.317 e. The van der Waals surface area contributed by atoms with Crippen molar-refractivity contribution in [2.24, 2.45) is 0 Å². The molecule has 1 aromatic carbocycles. The molecule has 1 aliphatic rings. The van der Waals surface area contributed by atoms with E-state index < -0.39 is 0 Å². The molecule has 0 saturated heterocycles. The third kappa shape index (κ3) is 2.38. The maximum Gasteiger partial charge on any atom is 0.128 e. The lowest BCUT2D eigenvalue weighted by atomic mass is 9.81. The lowest BCUT2D eigenvalue weighted by Gasteiger charge is -2.29. The van der Waals surface area contributed by atoms with Crippen LogP contribution < -0.4 is 5.32 Å². The van der Waals surface area contributed by atoms with E-state index in [0.717, 1.165) is 31.2 Å². The van der Waals surface area contributed by atoms with Crippen molar-refractivity contribution in [3.63, 3.8) is 0 Å². The molecule has 0 spiro atoms. The Morgan fingerprint density at radius 3 is 2.50 bits per heavy atom. The van der Waals surface area contributed by atoms with Crippen molar-refractivity contribution >= 4 is 11.6 Å². The minimum atomic E-state index is -0.152. The number of halogens is 2. The average Bonchev–Trinajstić information content (AvgIpc) is 2.30. The Balaban J connectivity index is 2.14. The quantitative estimate of drug-likeness (QED) is 0.832. The van der Waals surface area contributed by atoms with E-state index in [1.54, 1.807) is 12.1 Å². The highest BCUT2D eigenvalue weighted by Gasteiger charge is 2.24. The SMILES string of the molecule is CNC1CCC(c2c(F)cccc2Cl)CC1. The van der Waals surface area contributed by atoms with Gasteiger partial charge in [0, 0.05) is 16.6 Å². The zero-order valence-electron chi connectivity index (χ0n) is 9.47. The highest BCUT2D eigenvalue weighted by atomic mass is 35.5. The molecule has 1 fully saturated rings. The third-order valence-electron chi connectivity index (χ3n) is 3.54. The Morgan fingerprint density at radius 1 is 1.25 bits per heavy atom. The van der Waals surface area contributed by atoms with Crippen LogP contribution >= 0.6 is 11.6 Å². The molecular formula is C13H17ClFN. The number of hydrogen-bond donors (Lipinski definition) is 1. The van der Waals surface area contributed by atoms with E-state index in [1.165, 1.54) is 6.07 Å². The van der Waals surface area contributed by atoms with Crippen LogP contribution in [0.2, 0.25) is 5.02 Å². The van der Waals surface area contributed by atoms with Crippen molar-refractivity contribution in [3.05, 3.63) is 34.6 Å². The Bertz CT molecular complexity index is 339. The fourth-order valence-corrected chi connectivity index (χ4v) is 2.89. The van der Waals surface area contributed by atoms with Gasteiger partial charge in [-0.1, -0.05) is 17.7 Å². The first-order valence-corrected chi connectivity index (χ1v) is 6.21. The van der Waals surface area contributed by atoms with Crippen molar-refractivity contribution in [1.82, 2.24) is 5.32 Å². The lowest BCUT2D eigenvalue weighted by Crippen LogP contribution is -2.29. The fourth-order valence-electron chi connectivity index (χ4n) is 2.57. The second kappa shape index (κ2) is 5.15. The Kier molecular flexibility index (Phi) is 3.82. The lowest BCUT2D eigenvalue weighted by molar-refractivity contribution is 0.353. The molecule has 0 heterocycles. The Hall–Kier alpha value is -0.600. The van der Waals surface area contributed by atoms with E-state index in [-0.39, 0.29) is 5.82 Å². The van der Waals surface area contributed by atoms with Crippen LogP contribution in [0, 0.1) is 5.82 Å². The molecule has 0 atom stereocenters. The van der Waals surface area contributed by atoms with Crippen LogP contribution in [-0.4, -0.2) is 13.1 Å². The highest BCUT2D eigenvalue weighted by Crippen LogP contribution is 2.37. The molecule has 3 heteroatoms. The van der Waals surface area contributed by atoms with Gasteiger partial charge in [-0.2, -0.15) is 0 Å².